The monoisotopic (exact) mass is 201 g/mol. The lowest BCUT2D eigenvalue weighted by molar-refractivity contribution is -0.146. The molecular weight excluding hydrogens is 180 g/mol. The molecule has 1 rings (SSSR count). The summed E-state index contributed by atoms with van der Waals surface area (Å²) in [7, 11) is 0. The molecule has 14 heavy (non-hydrogen) atoms. The van der Waals surface area contributed by atoms with E-state index >= 15 is 0 Å². The molecule has 0 aromatic heterocycles. The van der Waals surface area contributed by atoms with E-state index in [9.17, 15) is 9.90 Å². The maximum absolute atomic E-state index is 11.0. The van der Waals surface area contributed by atoms with Crippen LogP contribution in [0.25, 0.3) is 0 Å². The molecule has 3 nitrogen and oxygen atoms in total. The highest BCUT2D eigenvalue weighted by molar-refractivity contribution is 5.70. The molecule has 82 valence electrons. The summed E-state index contributed by atoms with van der Waals surface area (Å²) in [6.45, 7) is 2.06. The second-order valence-electron chi connectivity index (χ2n) is 4.36. The highest BCUT2D eigenvalue weighted by atomic mass is 16.4. The topological polar surface area (TPSA) is 60.2 Å². The Morgan fingerprint density at radius 1 is 1.57 bits per heavy atom. The molecule has 0 heterocycles. The Bertz CT molecular complexity index is 187. The lowest BCUT2D eigenvalue weighted by Crippen LogP contribution is -2.28. The zero-order valence-electron chi connectivity index (χ0n) is 8.83. The Balaban J connectivity index is 2.34. The minimum atomic E-state index is -0.583. The summed E-state index contributed by atoms with van der Waals surface area (Å²) in [5.74, 6) is -0.403. The highest BCUT2D eigenvalue weighted by Gasteiger charge is 2.37. The number of aliphatic hydroxyl groups excluding tert-OH is 1. The van der Waals surface area contributed by atoms with Gasteiger partial charge in [0.15, 0.2) is 0 Å². The molecule has 0 aromatic carbocycles. The smallest absolute Gasteiger partial charge is 0.521 e. The van der Waals surface area contributed by atoms with Crippen molar-refractivity contribution < 1.29 is 15.0 Å². The molecule has 0 aliphatic heterocycles. The van der Waals surface area contributed by atoms with Gasteiger partial charge in [-0.2, -0.15) is 0 Å². The zero-order valence-corrected chi connectivity index (χ0v) is 8.83. The fraction of sp³-hybridized carbons (Fsp3) is 0.909. The number of hydrogen-bond acceptors (Lipinski definition) is 2. The number of carbonyl (C=O) groups excluding carboxylic acids is 1. The van der Waals surface area contributed by atoms with Crippen LogP contribution in [0.15, 0.2) is 0 Å². The molecule has 0 spiro atoms. The van der Waals surface area contributed by atoms with Crippen molar-refractivity contribution >= 4 is 5.97 Å². The van der Waals surface area contributed by atoms with Crippen LogP contribution in [0, 0.1) is 11.8 Å². The number of aliphatic hydroxyl groups is 1. The summed E-state index contributed by atoms with van der Waals surface area (Å²) in [5.41, 5.74) is 0. The molecule has 0 radical (unpaired) electrons. The average molecular weight is 201 g/mol. The summed E-state index contributed by atoms with van der Waals surface area (Å²) in [6.07, 6.45) is 5.12. The molecule has 3 heteroatoms. The van der Waals surface area contributed by atoms with Crippen LogP contribution in [-0.2, 0) is 4.79 Å². The zero-order chi connectivity index (χ0) is 10.6. The van der Waals surface area contributed by atoms with Crippen LogP contribution in [0.4, 0.5) is 0 Å². The van der Waals surface area contributed by atoms with Crippen LogP contribution in [0.2, 0.25) is 0 Å². The quantitative estimate of drug-likeness (QED) is 0.629. The van der Waals surface area contributed by atoms with Gasteiger partial charge in [0, 0.05) is 4.79 Å². The van der Waals surface area contributed by atoms with Gasteiger partial charge in [0.1, 0.15) is 5.92 Å². The van der Waals surface area contributed by atoms with Gasteiger partial charge in [0.05, 0.1) is 6.10 Å². The van der Waals surface area contributed by atoms with E-state index in [0.29, 0.717) is 12.3 Å². The second-order valence-corrected chi connectivity index (χ2v) is 4.36. The predicted octanol–water partition coefficient (Wildman–Crippen LogP) is 1.20. The Labute approximate surface area is 85.1 Å². The Hall–Kier alpha value is -0.570. The minimum Gasteiger partial charge on any atom is -0.564 e. The van der Waals surface area contributed by atoms with Crippen molar-refractivity contribution in [3.8, 4) is 0 Å². The third kappa shape index (κ3) is 3.66. The molecule has 0 bridgehead atoms. The van der Waals surface area contributed by atoms with Gasteiger partial charge >= 0.3 is 5.97 Å². The lowest BCUT2D eigenvalue weighted by atomic mass is 9.92. The van der Waals surface area contributed by atoms with Gasteiger partial charge in [-0.1, -0.05) is 32.6 Å². The van der Waals surface area contributed by atoms with E-state index in [2.05, 4.69) is 6.92 Å². The van der Waals surface area contributed by atoms with Crippen LogP contribution < -0.4 is 0 Å². The maximum atomic E-state index is 11.0. The Kier molecular flexibility index (Phi) is 4.39. The number of rotatable bonds is 7. The molecule has 0 saturated heterocycles. The summed E-state index contributed by atoms with van der Waals surface area (Å²) >= 11 is 0. The lowest BCUT2D eigenvalue weighted by Gasteiger charge is -2.15. The molecule has 1 fully saturated rings. The summed E-state index contributed by atoms with van der Waals surface area (Å²) in [5, 5.41) is 16.9. The standard InChI is InChI=1S/C11H20O3/c1-2-3-4-10(12)9(11(13)14)7-8-5-6-8/h8-10,12H,2-7H2,1H3,(H,13,14)/p+1. The van der Waals surface area contributed by atoms with E-state index in [1.54, 1.807) is 0 Å². The first-order valence-corrected chi connectivity index (χ1v) is 5.58. The summed E-state index contributed by atoms with van der Waals surface area (Å²) < 4.78 is 0. The molecular formula is C11H21O3+. The number of carbonyl (C=O) groups is 1. The van der Waals surface area contributed by atoms with E-state index in [1.807, 2.05) is 0 Å². The van der Waals surface area contributed by atoms with Gasteiger partial charge in [-0.3, -0.25) is 0 Å². The molecule has 2 atom stereocenters. The molecule has 1 aliphatic rings. The van der Waals surface area contributed by atoms with Crippen molar-refractivity contribution in [2.24, 2.45) is 11.8 Å². The van der Waals surface area contributed by atoms with Crippen LogP contribution in [0.5, 0.6) is 0 Å². The van der Waals surface area contributed by atoms with Crippen molar-refractivity contribution in [2.45, 2.75) is 51.6 Å². The van der Waals surface area contributed by atoms with Crippen LogP contribution >= 0.6 is 0 Å². The van der Waals surface area contributed by atoms with E-state index in [0.717, 1.165) is 19.3 Å². The molecule has 1 saturated carbocycles. The Morgan fingerprint density at radius 3 is 2.64 bits per heavy atom. The van der Waals surface area contributed by atoms with Crippen LogP contribution in [0.3, 0.4) is 0 Å². The first-order valence-electron chi connectivity index (χ1n) is 5.58. The van der Waals surface area contributed by atoms with E-state index < -0.39 is 18.0 Å². The van der Waals surface area contributed by atoms with Gasteiger partial charge in [-0.05, 0) is 18.8 Å². The maximum Gasteiger partial charge on any atom is 0.521 e. The van der Waals surface area contributed by atoms with Gasteiger partial charge in [-0.15, -0.1) is 0 Å². The number of hydrogen-bond donors (Lipinski definition) is 1. The molecule has 1 aliphatic carbocycles. The molecule has 0 amide bonds. The van der Waals surface area contributed by atoms with Crippen molar-refractivity contribution in [1.29, 1.82) is 0 Å². The first-order chi connectivity index (χ1) is 6.65. The molecule has 3 N–H and O–H groups in total. The third-order valence-corrected chi connectivity index (χ3v) is 2.94. The SMILES string of the molecule is CCCCC(O)C(CC1CC1)C(=O)[OH2+]. The van der Waals surface area contributed by atoms with Crippen molar-refractivity contribution in [3.05, 3.63) is 0 Å². The fourth-order valence-electron chi connectivity index (χ4n) is 1.77. The fourth-order valence-corrected chi connectivity index (χ4v) is 1.77. The average Bonchev–Trinajstić information content (AvgIpc) is 2.93. The first kappa shape index (κ1) is 11.5. The van der Waals surface area contributed by atoms with E-state index in [1.165, 1.54) is 12.8 Å². The predicted molar refractivity (Wildman–Crippen MR) is 55.0 cm³/mol. The van der Waals surface area contributed by atoms with Gasteiger partial charge in [-0.25, -0.2) is 0 Å². The van der Waals surface area contributed by atoms with Gasteiger partial charge in [0.2, 0.25) is 0 Å². The summed E-state index contributed by atoms with van der Waals surface area (Å²) in [4.78, 5) is 11.0. The largest absolute Gasteiger partial charge is 0.564 e. The molecule has 0 aromatic rings. The van der Waals surface area contributed by atoms with Crippen molar-refractivity contribution in [3.63, 3.8) is 0 Å². The van der Waals surface area contributed by atoms with E-state index in [-0.39, 0.29) is 0 Å². The summed E-state index contributed by atoms with van der Waals surface area (Å²) in [6, 6.07) is 0. The Morgan fingerprint density at radius 2 is 2.21 bits per heavy atom. The van der Waals surface area contributed by atoms with Crippen molar-refractivity contribution in [1.82, 2.24) is 0 Å². The highest BCUT2D eigenvalue weighted by Crippen LogP contribution is 2.36. The third-order valence-electron chi connectivity index (χ3n) is 2.94. The normalized spacial score (nSPS) is 20.4. The van der Waals surface area contributed by atoms with E-state index in [4.69, 9.17) is 5.11 Å². The minimum absolute atomic E-state index is 0.422. The molecule has 2 unspecified atom stereocenters. The van der Waals surface area contributed by atoms with Gasteiger partial charge in [0.25, 0.3) is 0 Å². The second kappa shape index (κ2) is 5.35. The number of unbranched alkanes of at least 4 members (excludes halogenated alkanes) is 1. The van der Waals surface area contributed by atoms with Crippen molar-refractivity contribution in [2.75, 3.05) is 0 Å². The van der Waals surface area contributed by atoms with Crippen LogP contribution in [0.1, 0.15) is 45.4 Å². The van der Waals surface area contributed by atoms with Crippen LogP contribution in [-0.4, -0.2) is 22.3 Å². The van der Waals surface area contributed by atoms with Gasteiger partial charge < -0.3 is 10.2 Å².